The van der Waals surface area contributed by atoms with Crippen molar-refractivity contribution < 1.29 is 28.3 Å². The highest BCUT2D eigenvalue weighted by molar-refractivity contribution is 5.87. The molecule has 1 aromatic heterocycles. The number of hydrogen-bond acceptors (Lipinski definition) is 6. The van der Waals surface area contributed by atoms with Crippen LogP contribution in [0.1, 0.15) is 37.3 Å². The lowest BCUT2D eigenvalue weighted by molar-refractivity contribution is -0.132. The van der Waals surface area contributed by atoms with Crippen LogP contribution in [-0.2, 0) is 22.5 Å². The third-order valence-corrected chi connectivity index (χ3v) is 5.12. The molecule has 0 amide bonds. The average Bonchev–Trinajstić information content (AvgIpc) is 3.19. The van der Waals surface area contributed by atoms with Gasteiger partial charge in [0.05, 0.1) is 24.5 Å². The lowest BCUT2D eigenvalue weighted by Gasteiger charge is -2.11. The number of nitrogens with zero attached hydrogens (tertiary/aromatic N) is 1. The Morgan fingerprint density at radius 2 is 1.94 bits per heavy atom. The zero-order valence-corrected chi connectivity index (χ0v) is 19.6. The number of carboxylic acids is 1. The minimum absolute atomic E-state index is 0.236. The number of oxazole rings is 1. The van der Waals surface area contributed by atoms with E-state index in [9.17, 15) is 14.3 Å². The predicted octanol–water partition coefficient (Wildman–Crippen LogP) is 5.24. The maximum absolute atomic E-state index is 13.5. The van der Waals surface area contributed by atoms with E-state index < -0.39 is 5.97 Å². The predicted molar refractivity (Wildman–Crippen MR) is 126 cm³/mol. The van der Waals surface area contributed by atoms with Gasteiger partial charge in [-0.05, 0) is 56.2 Å². The number of hydrogen-bond donors (Lipinski definition) is 2. The van der Waals surface area contributed by atoms with Crippen molar-refractivity contribution in [3.8, 4) is 17.2 Å². The van der Waals surface area contributed by atoms with Crippen molar-refractivity contribution in [1.29, 1.82) is 0 Å². The number of benzene rings is 2. The average molecular weight is 469 g/mol. The summed E-state index contributed by atoms with van der Waals surface area (Å²) >= 11 is 0. The molecule has 0 spiro atoms. The Morgan fingerprint density at radius 1 is 1.18 bits per heavy atom. The Hall–Kier alpha value is -3.65. The van der Waals surface area contributed by atoms with Crippen LogP contribution >= 0.6 is 0 Å². The summed E-state index contributed by atoms with van der Waals surface area (Å²) in [7, 11) is 0. The van der Waals surface area contributed by atoms with Gasteiger partial charge in [0.2, 0.25) is 5.89 Å². The number of aryl methyl sites for hydroxylation is 1. The standard InChI is InChI=1S/C26H29FN2O5/c1-4-13-33-29-17(2)23(26(30)31)15-19-8-10-22(11-9-19)32-14-12-24-18(3)34-25(28-24)20-6-5-7-21(27)16-20/h5-11,16,29H,4,12-15H2,1-3H3,(H,30,31). The van der Waals surface area contributed by atoms with Crippen LogP contribution in [0.3, 0.4) is 0 Å². The summed E-state index contributed by atoms with van der Waals surface area (Å²) in [5.41, 5.74) is 5.59. The molecule has 2 aromatic carbocycles. The maximum atomic E-state index is 13.5. The van der Waals surface area contributed by atoms with Crippen LogP contribution in [0.4, 0.5) is 4.39 Å². The number of ether oxygens (including phenoxy) is 1. The van der Waals surface area contributed by atoms with E-state index in [2.05, 4.69) is 10.5 Å². The normalized spacial score (nSPS) is 11.8. The number of carbonyl (C=O) groups is 1. The second-order valence-corrected chi connectivity index (χ2v) is 7.81. The number of nitrogens with one attached hydrogen (secondary N) is 1. The second-order valence-electron chi connectivity index (χ2n) is 7.81. The summed E-state index contributed by atoms with van der Waals surface area (Å²) in [5, 5.41) is 9.54. The zero-order chi connectivity index (χ0) is 24.5. The summed E-state index contributed by atoms with van der Waals surface area (Å²) < 4.78 is 25.0. The molecule has 0 fully saturated rings. The van der Waals surface area contributed by atoms with E-state index in [0.717, 1.165) is 17.7 Å². The monoisotopic (exact) mass is 468 g/mol. The summed E-state index contributed by atoms with van der Waals surface area (Å²) in [6.07, 6.45) is 1.61. The summed E-state index contributed by atoms with van der Waals surface area (Å²) in [4.78, 5) is 21.3. The molecule has 34 heavy (non-hydrogen) atoms. The molecule has 2 N–H and O–H groups in total. The Labute approximate surface area is 198 Å². The number of carboxylic acid groups (broad SMARTS) is 1. The third kappa shape index (κ3) is 6.92. The third-order valence-electron chi connectivity index (χ3n) is 5.12. The van der Waals surface area contributed by atoms with Gasteiger partial charge in [0, 0.05) is 24.1 Å². The number of aliphatic carboxylic acids is 1. The van der Waals surface area contributed by atoms with Gasteiger partial charge in [-0.25, -0.2) is 14.2 Å². The van der Waals surface area contributed by atoms with Crippen molar-refractivity contribution in [2.24, 2.45) is 0 Å². The topological polar surface area (TPSA) is 93.8 Å². The number of aromatic nitrogens is 1. The molecular weight excluding hydrogens is 439 g/mol. The Morgan fingerprint density at radius 3 is 2.62 bits per heavy atom. The maximum Gasteiger partial charge on any atom is 0.333 e. The van der Waals surface area contributed by atoms with Crippen LogP contribution in [0.25, 0.3) is 11.5 Å². The van der Waals surface area contributed by atoms with Gasteiger partial charge in [0.25, 0.3) is 0 Å². The van der Waals surface area contributed by atoms with Crippen LogP contribution in [0.5, 0.6) is 5.75 Å². The minimum Gasteiger partial charge on any atom is -0.493 e. The Bertz CT molecular complexity index is 1140. The van der Waals surface area contributed by atoms with Crippen molar-refractivity contribution in [1.82, 2.24) is 10.5 Å². The first kappa shape index (κ1) is 25.0. The highest BCUT2D eigenvalue weighted by Gasteiger charge is 2.14. The molecule has 0 aliphatic rings. The fourth-order valence-corrected chi connectivity index (χ4v) is 3.27. The van der Waals surface area contributed by atoms with Crippen LogP contribution in [0.15, 0.2) is 64.2 Å². The van der Waals surface area contributed by atoms with Gasteiger partial charge in [0.1, 0.15) is 17.3 Å². The molecule has 0 unspecified atom stereocenters. The molecule has 0 atom stereocenters. The van der Waals surface area contributed by atoms with Crippen molar-refractivity contribution in [3.63, 3.8) is 0 Å². The fraction of sp³-hybridized carbons (Fsp3) is 0.308. The number of hydroxylamine groups is 1. The van der Waals surface area contributed by atoms with Crippen molar-refractivity contribution in [2.75, 3.05) is 13.2 Å². The van der Waals surface area contributed by atoms with Gasteiger partial charge >= 0.3 is 5.97 Å². The molecule has 1 heterocycles. The highest BCUT2D eigenvalue weighted by Crippen LogP contribution is 2.23. The smallest absolute Gasteiger partial charge is 0.333 e. The molecule has 0 aliphatic heterocycles. The van der Waals surface area contributed by atoms with E-state index in [1.54, 1.807) is 31.2 Å². The summed E-state index contributed by atoms with van der Waals surface area (Å²) in [6, 6.07) is 13.4. The van der Waals surface area contributed by atoms with E-state index in [0.29, 0.717) is 48.3 Å². The lowest BCUT2D eigenvalue weighted by Crippen LogP contribution is -2.18. The zero-order valence-electron chi connectivity index (χ0n) is 19.6. The van der Waals surface area contributed by atoms with Crippen molar-refractivity contribution >= 4 is 5.97 Å². The largest absolute Gasteiger partial charge is 0.493 e. The van der Waals surface area contributed by atoms with Gasteiger partial charge in [-0.2, -0.15) is 0 Å². The number of rotatable bonds is 12. The quantitative estimate of drug-likeness (QED) is 0.213. The molecule has 0 saturated heterocycles. The van der Waals surface area contributed by atoms with Gasteiger partial charge in [-0.3, -0.25) is 10.3 Å². The molecular formula is C26H29FN2O5. The molecule has 0 aliphatic carbocycles. The van der Waals surface area contributed by atoms with Gasteiger partial charge < -0.3 is 14.3 Å². The molecule has 3 rings (SSSR count). The Kier molecular flexibility index (Phi) is 8.81. The molecule has 0 radical (unpaired) electrons. The van der Waals surface area contributed by atoms with Gasteiger partial charge in [-0.15, -0.1) is 0 Å². The van der Waals surface area contributed by atoms with Crippen molar-refractivity contribution in [3.05, 3.63) is 82.6 Å². The summed E-state index contributed by atoms with van der Waals surface area (Å²) in [6.45, 7) is 6.35. The Balaban J connectivity index is 1.56. The van der Waals surface area contributed by atoms with Crippen LogP contribution < -0.4 is 10.2 Å². The first-order chi connectivity index (χ1) is 16.4. The minimum atomic E-state index is -0.994. The van der Waals surface area contributed by atoms with E-state index in [-0.39, 0.29) is 17.8 Å². The first-order valence-corrected chi connectivity index (χ1v) is 11.1. The van der Waals surface area contributed by atoms with E-state index in [1.807, 2.05) is 26.0 Å². The van der Waals surface area contributed by atoms with E-state index >= 15 is 0 Å². The number of halogens is 1. The first-order valence-electron chi connectivity index (χ1n) is 11.1. The number of allylic oxidation sites excluding steroid dienone is 1. The van der Waals surface area contributed by atoms with E-state index in [4.69, 9.17) is 14.0 Å². The van der Waals surface area contributed by atoms with Crippen LogP contribution in [0.2, 0.25) is 0 Å². The molecule has 3 aromatic rings. The van der Waals surface area contributed by atoms with Crippen LogP contribution in [0, 0.1) is 12.7 Å². The van der Waals surface area contributed by atoms with E-state index in [1.165, 1.54) is 12.1 Å². The molecule has 0 bridgehead atoms. The highest BCUT2D eigenvalue weighted by atomic mass is 19.1. The molecule has 0 saturated carbocycles. The lowest BCUT2D eigenvalue weighted by atomic mass is 10.0. The van der Waals surface area contributed by atoms with Crippen molar-refractivity contribution in [2.45, 2.75) is 40.0 Å². The van der Waals surface area contributed by atoms with Gasteiger partial charge in [0.15, 0.2) is 0 Å². The second kappa shape index (κ2) is 12.0. The fourth-order valence-electron chi connectivity index (χ4n) is 3.27. The van der Waals surface area contributed by atoms with Crippen LogP contribution in [-0.4, -0.2) is 29.3 Å². The SMILES string of the molecule is CCCONC(C)=C(Cc1ccc(OCCc2nc(-c3cccc(F)c3)oc2C)cc1)C(=O)O. The molecule has 180 valence electrons. The summed E-state index contributed by atoms with van der Waals surface area (Å²) in [5.74, 6) is 0.369. The molecule has 7 nitrogen and oxygen atoms in total. The molecule has 8 heteroatoms. The van der Waals surface area contributed by atoms with Gasteiger partial charge in [-0.1, -0.05) is 25.1 Å².